The number of ether oxygens (including phenoxy) is 1. The van der Waals surface area contributed by atoms with Crippen LogP contribution < -0.4 is 0 Å². The number of alkyl halides is 7. The lowest BCUT2D eigenvalue weighted by atomic mass is 10.2. The van der Waals surface area contributed by atoms with Gasteiger partial charge < -0.3 is 4.74 Å². The summed E-state index contributed by atoms with van der Waals surface area (Å²) in [5.41, 5.74) is 0. The molecule has 0 N–H and O–H groups in total. The van der Waals surface area contributed by atoms with Crippen LogP contribution in [0, 0.1) is 0 Å². The Morgan fingerprint density at radius 3 is 1.67 bits per heavy atom. The van der Waals surface area contributed by atoms with E-state index in [0.717, 1.165) is 0 Å². The van der Waals surface area contributed by atoms with E-state index in [9.17, 15) is 35.1 Å². The molecule has 0 atom stereocenters. The normalized spacial score (nSPS) is 15.7. The smallest absolute Gasteiger partial charge is 0.320 e. The van der Waals surface area contributed by atoms with Crippen molar-refractivity contribution in [1.82, 2.24) is 0 Å². The van der Waals surface area contributed by atoms with E-state index in [1.165, 1.54) is 0 Å². The molecule has 15 heavy (non-hydrogen) atoms. The van der Waals surface area contributed by atoms with Crippen molar-refractivity contribution in [2.24, 2.45) is 0 Å². The zero-order valence-corrected chi connectivity index (χ0v) is 7.01. The molecule has 0 unspecified atom stereocenters. The minimum Gasteiger partial charge on any atom is -0.320 e. The fraction of sp³-hybridized carbons (Fsp3) is 0.667. The Bertz CT molecular complexity index is 252. The van der Waals surface area contributed by atoms with Gasteiger partial charge >= 0.3 is 18.2 Å². The van der Waals surface area contributed by atoms with Crippen LogP contribution >= 0.6 is 0 Å². The van der Waals surface area contributed by atoms with E-state index >= 15 is 0 Å². The molecular weight excluding hydrogens is 240 g/mol. The molecule has 90 valence electrons. The van der Waals surface area contributed by atoms with E-state index in [-0.39, 0.29) is 0 Å². The Labute approximate surface area is 78.3 Å². The van der Waals surface area contributed by atoms with Crippen LogP contribution in [0.4, 0.5) is 35.1 Å². The molecule has 0 aromatic heterocycles. The van der Waals surface area contributed by atoms with Crippen LogP contribution in [0.25, 0.3) is 0 Å². The van der Waals surface area contributed by atoms with Gasteiger partial charge in [0.15, 0.2) is 5.83 Å². The lowest BCUT2D eigenvalue weighted by Gasteiger charge is -2.18. The van der Waals surface area contributed by atoms with E-state index in [1.54, 1.807) is 0 Å². The summed E-state index contributed by atoms with van der Waals surface area (Å²) >= 11 is 0. The molecule has 0 aromatic carbocycles. The molecule has 0 aliphatic rings. The predicted molar refractivity (Wildman–Crippen MR) is 32.1 cm³/mol. The topological polar surface area (TPSA) is 9.23 Å². The van der Waals surface area contributed by atoms with Crippen molar-refractivity contribution in [1.29, 1.82) is 0 Å². The van der Waals surface area contributed by atoms with E-state index < -0.39 is 30.1 Å². The van der Waals surface area contributed by atoms with Crippen LogP contribution in [-0.4, -0.2) is 25.3 Å². The fourth-order valence-corrected chi connectivity index (χ4v) is 0.432. The summed E-state index contributed by atoms with van der Waals surface area (Å²) in [6.07, 6.45) is -12.0. The minimum atomic E-state index is -6.28. The predicted octanol–water partition coefficient (Wildman–Crippen LogP) is 3.28. The van der Waals surface area contributed by atoms with Gasteiger partial charge in [-0.25, -0.2) is 4.39 Å². The van der Waals surface area contributed by atoms with E-state index in [1.807, 2.05) is 0 Å². The van der Waals surface area contributed by atoms with E-state index in [2.05, 4.69) is 4.74 Å². The van der Waals surface area contributed by atoms with Crippen molar-refractivity contribution < 1.29 is 39.9 Å². The molecule has 0 spiro atoms. The molecule has 0 saturated heterocycles. The average Bonchev–Trinajstić information content (AvgIpc) is 2.01. The van der Waals surface area contributed by atoms with Crippen molar-refractivity contribution in [3.8, 4) is 0 Å². The number of rotatable bonds is 3. The minimum absolute atomic E-state index is 0.315. The van der Waals surface area contributed by atoms with Crippen molar-refractivity contribution in [3.05, 3.63) is 11.9 Å². The number of hydrogen-bond acceptors (Lipinski definition) is 1. The standard InChI is InChI=1S/C6H4F8O/c1-15-4(8,9)2-3(7)5(10,11)6(12,13)14/h2H,1H3/b3-2-. The van der Waals surface area contributed by atoms with Gasteiger partial charge in [0.25, 0.3) is 0 Å². The third kappa shape index (κ3) is 3.33. The van der Waals surface area contributed by atoms with E-state index in [4.69, 9.17) is 0 Å². The molecule has 0 bridgehead atoms. The third-order valence-corrected chi connectivity index (χ3v) is 1.22. The molecule has 0 aliphatic carbocycles. The summed E-state index contributed by atoms with van der Waals surface area (Å²) in [7, 11) is 0.315. The largest absolute Gasteiger partial charge is 0.460 e. The molecule has 0 fully saturated rings. The Hall–Kier alpha value is -0.860. The quantitative estimate of drug-likeness (QED) is 0.692. The van der Waals surface area contributed by atoms with Crippen molar-refractivity contribution in [2.75, 3.05) is 7.11 Å². The molecule has 0 rings (SSSR count). The highest BCUT2D eigenvalue weighted by Gasteiger charge is 2.61. The highest BCUT2D eigenvalue weighted by Crippen LogP contribution is 2.42. The Morgan fingerprint density at radius 1 is 1.00 bits per heavy atom. The molecule has 0 saturated carbocycles. The van der Waals surface area contributed by atoms with E-state index in [0.29, 0.717) is 7.11 Å². The molecule has 0 aromatic rings. The van der Waals surface area contributed by atoms with Crippen LogP contribution in [0.5, 0.6) is 0 Å². The molecule has 0 radical (unpaired) electrons. The van der Waals surface area contributed by atoms with Crippen molar-refractivity contribution in [3.63, 3.8) is 0 Å². The monoisotopic (exact) mass is 244 g/mol. The molecular formula is C6H4F8O. The van der Waals surface area contributed by atoms with Gasteiger partial charge in [0.05, 0.1) is 6.08 Å². The first-order valence-corrected chi connectivity index (χ1v) is 3.20. The summed E-state index contributed by atoms with van der Waals surface area (Å²) in [4.78, 5) is 0. The van der Waals surface area contributed by atoms with Crippen LogP contribution in [-0.2, 0) is 4.74 Å². The van der Waals surface area contributed by atoms with Crippen LogP contribution in [0.15, 0.2) is 11.9 Å². The maximum Gasteiger partial charge on any atom is 0.460 e. The Kier molecular flexibility index (Phi) is 3.72. The average molecular weight is 244 g/mol. The lowest BCUT2D eigenvalue weighted by molar-refractivity contribution is -0.272. The van der Waals surface area contributed by atoms with Crippen LogP contribution in [0.2, 0.25) is 0 Å². The number of halogens is 8. The van der Waals surface area contributed by atoms with Gasteiger partial charge in [-0.1, -0.05) is 0 Å². The van der Waals surface area contributed by atoms with Gasteiger partial charge in [-0.15, -0.1) is 0 Å². The van der Waals surface area contributed by atoms with Crippen molar-refractivity contribution in [2.45, 2.75) is 18.2 Å². The van der Waals surface area contributed by atoms with Gasteiger partial charge in [0.2, 0.25) is 0 Å². The zero-order valence-electron chi connectivity index (χ0n) is 7.01. The van der Waals surface area contributed by atoms with Crippen LogP contribution in [0.1, 0.15) is 0 Å². The summed E-state index contributed by atoms with van der Waals surface area (Å²) in [6.45, 7) is 0. The summed E-state index contributed by atoms with van der Waals surface area (Å²) in [6, 6.07) is 0. The number of methoxy groups -OCH3 is 1. The molecule has 0 heterocycles. The summed E-state index contributed by atoms with van der Waals surface area (Å²) in [5.74, 6) is -9.28. The highest BCUT2D eigenvalue weighted by atomic mass is 19.4. The van der Waals surface area contributed by atoms with Gasteiger partial charge in [-0.3, -0.25) is 0 Å². The molecule has 1 nitrogen and oxygen atoms in total. The first kappa shape index (κ1) is 14.1. The fourth-order valence-electron chi connectivity index (χ4n) is 0.432. The van der Waals surface area contributed by atoms with Crippen LogP contribution in [0.3, 0.4) is 0 Å². The Balaban J connectivity index is 5.09. The number of allylic oxidation sites excluding steroid dienone is 1. The van der Waals surface area contributed by atoms with Gasteiger partial charge in [0.1, 0.15) is 0 Å². The first-order valence-electron chi connectivity index (χ1n) is 3.20. The van der Waals surface area contributed by atoms with Gasteiger partial charge in [-0.2, -0.15) is 30.7 Å². The second-order valence-corrected chi connectivity index (χ2v) is 2.33. The van der Waals surface area contributed by atoms with Gasteiger partial charge in [0, 0.05) is 7.11 Å². The second-order valence-electron chi connectivity index (χ2n) is 2.33. The second kappa shape index (κ2) is 3.95. The molecule has 0 aliphatic heterocycles. The summed E-state index contributed by atoms with van der Waals surface area (Å²) in [5, 5.41) is 0. The zero-order chi connectivity index (χ0) is 12.5. The number of hydrogen-bond donors (Lipinski definition) is 0. The maximum absolute atomic E-state index is 12.2. The van der Waals surface area contributed by atoms with Gasteiger partial charge in [-0.05, 0) is 0 Å². The molecule has 0 amide bonds. The van der Waals surface area contributed by atoms with Crippen molar-refractivity contribution >= 4 is 0 Å². The lowest BCUT2D eigenvalue weighted by Crippen LogP contribution is -2.38. The SMILES string of the molecule is COC(F)(F)/C=C(\F)C(F)(F)C(F)(F)F. The third-order valence-electron chi connectivity index (χ3n) is 1.22. The maximum atomic E-state index is 12.2. The Morgan fingerprint density at radius 2 is 1.40 bits per heavy atom. The summed E-state index contributed by atoms with van der Waals surface area (Å²) < 4.78 is 97.9. The molecule has 9 heteroatoms. The first-order chi connectivity index (χ1) is 6.44. The highest BCUT2D eigenvalue weighted by molar-refractivity contribution is 5.10.